The molecule has 0 fully saturated rings. The molecule has 1 aromatic carbocycles. The molecule has 1 aliphatic rings. The molecular weight excluding hydrogens is 202 g/mol. The van der Waals surface area contributed by atoms with Crippen LogP contribution in [-0.4, -0.2) is 11.6 Å². The molecule has 3 nitrogen and oxygen atoms in total. The van der Waals surface area contributed by atoms with Crippen LogP contribution in [0.5, 0.6) is 0 Å². The maximum absolute atomic E-state index is 11.6. The molecule has 4 heteroatoms. The summed E-state index contributed by atoms with van der Waals surface area (Å²) in [5.74, 6) is -0.600. The zero-order chi connectivity index (χ0) is 10.3. The Labute approximate surface area is 85.2 Å². The maximum atomic E-state index is 11.6. The summed E-state index contributed by atoms with van der Waals surface area (Å²) in [6, 6.07) is 6.59. The number of carbonyl (C=O) groups excluding carboxylic acids is 2. The van der Waals surface area contributed by atoms with Crippen LogP contribution in [0.3, 0.4) is 0 Å². The SMILES string of the molecule is [NH3+]C1=C(Cl)C(=O)c2ccccc2C1=O. The average Bonchev–Trinajstić information content (AvgIpc) is 2.23. The van der Waals surface area contributed by atoms with Crippen molar-refractivity contribution in [2.24, 2.45) is 0 Å². The highest BCUT2D eigenvalue weighted by atomic mass is 35.5. The molecule has 0 atom stereocenters. The first-order valence-corrected chi connectivity index (χ1v) is 4.41. The van der Waals surface area contributed by atoms with E-state index in [0.717, 1.165) is 0 Å². The molecule has 0 saturated carbocycles. The summed E-state index contributed by atoms with van der Waals surface area (Å²) < 4.78 is 0. The number of Topliss-reactive ketones (excluding diaryl/α,β-unsaturated/α-hetero) is 2. The largest absolute Gasteiger partial charge is 0.320 e. The number of allylic oxidation sites excluding steroid dienone is 2. The van der Waals surface area contributed by atoms with Crippen molar-refractivity contribution in [2.45, 2.75) is 0 Å². The number of halogens is 1. The number of rotatable bonds is 0. The van der Waals surface area contributed by atoms with Crippen molar-refractivity contribution in [1.82, 2.24) is 0 Å². The number of quaternary nitrogens is 1. The molecule has 3 N–H and O–H groups in total. The lowest BCUT2D eigenvalue weighted by Crippen LogP contribution is -2.53. The number of fused-ring (bicyclic) bond motifs is 1. The van der Waals surface area contributed by atoms with E-state index in [9.17, 15) is 9.59 Å². The van der Waals surface area contributed by atoms with Gasteiger partial charge in [0.1, 0.15) is 0 Å². The molecule has 0 radical (unpaired) electrons. The van der Waals surface area contributed by atoms with Gasteiger partial charge < -0.3 is 5.73 Å². The minimum atomic E-state index is -0.327. The topological polar surface area (TPSA) is 61.8 Å². The van der Waals surface area contributed by atoms with Crippen LogP contribution in [0.25, 0.3) is 0 Å². The van der Waals surface area contributed by atoms with Crippen molar-refractivity contribution >= 4 is 23.2 Å². The molecule has 0 saturated heterocycles. The first-order valence-electron chi connectivity index (χ1n) is 4.03. The molecule has 0 aromatic heterocycles. The van der Waals surface area contributed by atoms with Gasteiger partial charge in [0.25, 0.3) is 0 Å². The van der Waals surface area contributed by atoms with Gasteiger partial charge in [-0.3, -0.25) is 9.59 Å². The summed E-state index contributed by atoms with van der Waals surface area (Å²) >= 11 is 5.69. The van der Waals surface area contributed by atoms with Crippen LogP contribution >= 0.6 is 11.6 Å². The highest BCUT2D eigenvalue weighted by Crippen LogP contribution is 2.24. The zero-order valence-electron chi connectivity index (χ0n) is 7.21. The Morgan fingerprint density at radius 3 is 2.07 bits per heavy atom. The summed E-state index contributed by atoms with van der Waals surface area (Å²) in [6.07, 6.45) is 0. The van der Waals surface area contributed by atoms with E-state index >= 15 is 0 Å². The average molecular weight is 209 g/mol. The standard InChI is InChI=1S/C10H6ClNO2/c11-7-8(12)10(14)6-4-2-1-3-5(6)9(7)13/h1-4H,12H2/p+1. The molecule has 1 aliphatic carbocycles. The van der Waals surface area contributed by atoms with E-state index in [-0.39, 0.29) is 22.3 Å². The molecule has 0 amide bonds. The number of benzene rings is 1. The molecule has 0 bridgehead atoms. The van der Waals surface area contributed by atoms with Crippen LogP contribution in [0.4, 0.5) is 0 Å². The van der Waals surface area contributed by atoms with Gasteiger partial charge >= 0.3 is 0 Å². The van der Waals surface area contributed by atoms with Crippen LogP contribution in [0.1, 0.15) is 20.7 Å². The van der Waals surface area contributed by atoms with Gasteiger partial charge in [-0.25, -0.2) is 0 Å². The molecule has 0 aliphatic heterocycles. The lowest BCUT2D eigenvalue weighted by molar-refractivity contribution is -0.293. The Balaban J connectivity index is 2.73. The normalized spacial score (nSPS) is 15.9. The van der Waals surface area contributed by atoms with Crippen molar-refractivity contribution in [1.29, 1.82) is 0 Å². The van der Waals surface area contributed by atoms with Gasteiger partial charge in [-0.1, -0.05) is 35.9 Å². The van der Waals surface area contributed by atoms with Crippen molar-refractivity contribution in [3.63, 3.8) is 0 Å². The van der Waals surface area contributed by atoms with Gasteiger partial charge in [-0.05, 0) is 0 Å². The Morgan fingerprint density at radius 2 is 1.50 bits per heavy atom. The Bertz CT molecular complexity index is 434. The number of hydrogen-bond donors (Lipinski definition) is 1. The molecule has 70 valence electrons. The van der Waals surface area contributed by atoms with Crippen molar-refractivity contribution < 1.29 is 15.3 Å². The predicted molar refractivity (Wildman–Crippen MR) is 50.9 cm³/mol. The van der Waals surface area contributed by atoms with Crippen LogP contribution < -0.4 is 5.73 Å². The van der Waals surface area contributed by atoms with Crippen LogP contribution in [-0.2, 0) is 0 Å². The summed E-state index contributed by atoms with van der Waals surface area (Å²) in [6.45, 7) is 0. The van der Waals surface area contributed by atoms with E-state index in [0.29, 0.717) is 11.1 Å². The third kappa shape index (κ3) is 1.10. The predicted octanol–water partition coefficient (Wildman–Crippen LogP) is 0.758. The van der Waals surface area contributed by atoms with Gasteiger partial charge in [0, 0.05) is 11.1 Å². The second-order valence-corrected chi connectivity index (χ2v) is 3.37. The number of hydrogen-bond acceptors (Lipinski definition) is 2. The molecule has 14 heavy (non-hydrogen) atoms. The van der Waals surface area contributed by atoms with E-state index in [1.807, 2.05) is 0 Å². The van der Waals surface area contributed by atoms with Crippen molar-refractivity contribution in [3.8, 4) is 0 Å². The van der Waals surface area contributed by atoms with Crippen LogP contribution in [0, 0.1) is 0 Å². The van der Waals surface area contributed by atoms with Crippen molar-refractivity contribution in [2.75, 3.05) is 0 Å². The first-order chi connectivity index (χ1) is 6.63. The smallest absolute Gasteiger partial charge is 0.248 e. The third-order valence-corrected chi connectivity index (χ3v) is 2.55. The quantitative estimate of drug-likeness (QED) is 0.684. The molecular formula is C10H7ClNO2+. The fourth-order valence-electron chi connectivity index (χ4n) is 1.40. The first kappa shape index (κ1) is 9.12. The van der Waals surface area contributed by atoms with E-state index in [1.54, 1.807) is 24.3 Å². The fraction of sp³-hybridized carbons (Fsp3) is 0. The van der Waals surface area contributed by atoms with Crippen LogP contribution in [0.2, 0.25) is 0 Å². The Kier molecular flexibility index (Phi) is 1.98. The summed E-state index contributed by atoms with van der Waals surface area (Å²) in [5, 5.41) is -0.0753. The number of carbonyl (C=O) groups is 2. The number of ketones is 2. The maximum Gasteiger partial charge on any atom is 0.248 e. The molecule has 1 aromatic rings. The highest BCUT2D eigenvalue weighted by molar-refractivity contribution is 6.49. The molecule has 0 spiro atoms. The fourth-order valence-corrected chi connectivity index (χ4v) is 1.58. The van der Waals surface area contributed by atoms with Crippen LogP contribution in [0.15, 0.2) is 35.0 Å². The Morgan fingerprint density at radius 1 is 1.00 bits per heavy atom. The van der Waals surface area contributed by atoms with Gasteiger partial charge in [0.15, 0.2) is 10.7 Å². The summed E-state index contributed by atoms with van der Waals surface area (Å²) in [7, 11) is 0. The van der Waals surface area contributed by atoms with E-state index in [1.165, 1.54) is 0 Å². The second-order valence-electron chi connectivity index (χ2n) is 3.00. The second kappa shape index (κ2) is 3.04. The highest BCUT2D eigenvalue weighted by Gasteiger charge is 2.31. The monoisotopic (exact) mass is 208 g/mol. The van der Waals surface area contributed by atoms with E-state index in [2.05, 4.69) is 5.73 Å². The Hall–Kier alpha value is -1.45. The van der Waals surface area contributed by atoms with E-state index in [4.69, 9.17) is 11.6 Å². The minimum Gasteiger partial charge on any atom is -0.320 e. The molecule has 0 unspecified atom stereocenters. The van der Waals surface area contributed by atoms with Gasteiger partial charge in [0.05, 0.1) is 0 Å². The van der Waals surface area contributed by atoms with Gasteiger partial charge in [0.2, 0.25) is 11.6 Å². The zero-order valence-corrected chi connectivity index (χ0v) is 7.97. The third-order valence-electron chi connectivity index (χ3n) is 2.15. The lowest BCUT2D eigenvalue weighted by atomic mass is 9.93. The summed E-state index contributed by atoms with van der Waals surface area (Å²) in [5.41, 5.74) is 4.30. The molecule has 2 rings (SSSR count). The molecule has 0 heterocycles. The van der Waals surface area contributed by atoms with Crippen molar-refractivity contribution in [3.05, 3.63) is 46.1 Å². The summed E-state index contributed by atoms with van der Waals surface area (Å²) in [4.78, 5) is 23.2. The minimum absolute atomic E-state index is 0.0753. The van der Waals surface area contributed by atoms with E-state index < -0.39 is 0 Å². The van der Waals surface area contributed by atoms with Gasteiger partial charge in [-0.15, -0.1) is 0 Å². The van der Waals surface area contributed by atoms with Gasteiger partial charge in [-0.2, -0.15) is 0 Å². The lowest BCUT2D eigenvalue weighted by Gasteiger charge is -2.11.